The van der Waals surface area contributed by atoms with E-state index < -0.39 is 0 Å². The zero-order valence-corrected chi connectivity index (χ0v) is 11.9. The zero-order chi connectivity index (χ0) is 15.1. The highest BCUT2D eigenvalue weighted by atomic mass is 16.5. The van der Waals surface area contributed by atoms with E-state index in [1.807, 2.05) is 48.5 Å². The van der Waals surface area contributed by atoms with Crippen LogP contribution in [0.5, 0.6) is 5.75 Å². The molecule has 2 aromatic carbocycles. The van der Waals surface area contributed by atoms with E-state index >= 15 is 0 Å². The van der Waals surface area contributed by atoms with Crippen molar-refractivity contribution >= 4 is 11.7 Å². The van der Waals surface area contributed by atoms with E-state index in [-0.39, 0.29) is 6.03 Å². The Morgan fingerprint density at radius 3 is 2.67 bits per heavy atom. The molecule has 0 saturated carbocycles. The van der Waals surface area contributed by atoms with Gasteiger partial charge in [0.15, 0.2) is 0 Å². The standard InChI is InChI=1S/C16H19N3O2/c1-21-15-7-3-5-13(9-15)11-18-16(20)19-14-6-2-4-12(8-14)10-17/h2-9H,10-11,17H2,1H3,(H2,18,19,20). The second kappa shape index (κ2) is 7.31. The molecule has 0 fully saturated rings. The summed E-state index contributed by atoms with van der Waals surface area (Å²) in [5, 5.41) is 5.58. The lowest BCUT2D eigenvalue weighted by Gasteiger charge is -2.09. The molecule has 0 aliphatic rings. The van der Waals surface area contributed by atoms with Crippen LogP contribution in [0.3, 0.4) is 0 Å². The van der Waals surface area contributed by atoms with Gasteiger partial charge in [-0.1, -0.05) is 24.3 Å². The molecule has 5 heteroatoms. The molecule has 0 saturated heterocycles. The lowest BCUT2D eigenvalue weighted by Crippen LogP contribution is -2.28. The Hall–Kier alpha value is -2.53. The highest BCUT2D eigenvalue weighted by Gasteiger charge is 2.03. The van der Waals surface area contributed by atoms with E-state index in [0.717, 1.165) is 22.6 Å². The largest absolute Gasteiger partial charge is 0.497 e. The summed E-state index contributed by atoms with van der Waals surface area (Å²) in [6.45, 7) is 0.876. The predicted octanol–water partition coefficient (Wildman–Crippen LogP) is 2.48. The maximum Gasteiger partial charge on any atom is 0.319 e. The number of urea groups is 1. The SMILES string of the molecule is COc1cccc(CNC(=O)Nc2cccc(CN)c2)c1. The third-order valence-electron chi connectivity index (χ3n) is 3.01. The summed E-state index contributed by atoms with van der Waals surface area (Å²) >= 11 is 0. The van der Waals surface area contributed by atoms with Crippen molar-refractivity contribution in [3.63, 3.8) is 0 Å². The van der Waals surface area contributed by atoms with Crippen LogP contribution < -0.4 is 21.1 Å². The number of nitrogens with one attached hydrogen (secondary N) is 2. The molecule has 2 rings (SSSR count). The van der Waals surface area contributed by atoms with Crippen molar-refractivity contribution in [2.24, 2.45) is 5.73 Å². The van der Waals surface area contributed by atoms with Crippen molar-refractivity contribution in [1.29, 1.82) is 0 Å². The molecule has 110 valence electrons. The maximum absolute atomic E-state index is 11.9. The Balaban J connectivity index is 1.89. The molecular weight excluding hydrogens is 266 g/mol. The van der Waals surface area contributed by atoms with Crippen LogP contribution in [0.4, 0.5) is 10.5 Å². The smallest absolute Gasteiger partial charge is 0.319 e. The lowest BCUT2D eigenvalue weighted by molar-refractivity contribution is 0.251. The molecule has 4 N–H and O–H groups in total. The zero-order valence-electron chi connectivity index (χ0n) is 11.9. The summed E-state index contributed by atoms with van der Waals surface area (Å²) < 4.78 is 5.14. The van der Waals surface area contributed by atoms with E-state index in [1.54, 1.807) is 7.11 Å². The Kier molecular flexibility index (Phi) is 5.17. The van der Waals surface area contributed by atoms with Gasteiger partial charge in [0, 0.05) is 18.8 Å². The first kappa shape index (κ1) is 14.9. The number of carbonyl (C=O) groups excluding carboxylic acids is 1. The van der Waals surface area contributed by atoms with Gasteiger partial charge in [-0.2, -0.15) is 0 Å². The van der Waals surface area contributed by atoms with Gasteiger partial charge in [-0.3, -0.25) is 0 Å². The second-order valence-electron chi connectivity index (χ2n) is 4.56. The van der Waals surface area contributed by atoms with Crippen molar-refractivity contribution < 1.29 is 9.53 Å². The number of rotatable bonds is 5. The van der Waals surface area contributed by atoms with Crippen molar-refractivity contribution in [2.75, 3.05) is 12.4 Å². The lowest BCUT2D eigenvalue weighted by atomic mass is 10.2. The normalized spacial score (nSPS) is 10.0. The van der Waals surface area contributed by atoms with E-state index in [2.05, 4.69) is 10.6 Å². The fourth-order valence-electron chi connectivity index (χ4n) is 1.92. The Bertz CT molecular complexity index is 614. The predicted molar refractivity (Wildman–Crippen MR) is 83.2 cm³/mol. The van der Waals surface area contributed by atoms with Gasteiger partial charge in [-0.15, -0.1) is 0 Å². The van der Waals surface area contributed by atoms with Crippen molar-refractivity contribution in [2.45, 2.75) is 13.1 Å². The van der Waals surface area contributed by atoms with Gasteiger partial charge < -0.3 is 21.1 Å². The number of carbonyl (C=O) groups is 1. The fraction of sp³-hybridized carbons (Fsp3) is 0.188. The molecule has 0 spiro atoms. The van der Waals surface area contributed by atoms with Crippen LogP contribution in [0.2, 0.25) is 0 Å². The quantitative estimate of drug-likeness (QED) is 0.790. The molecule has 5 nitrogen and oxygen atoms in total. The molecular formula is C16H19N3O2. The topological polar surface area (TPSA) is 76.4 Å². The molecule has 0 aromatic heterocycles. The number of benzene rings is 2. The van der Waals surface area contributed by atoms with E-state index in [9.17, 15) is 4.79 Å². The van der Waals surface area contributed by atoms with Crippen molar-refractivity contribution in [3.8, 4) is 5.75 Å². The number of anilines is 1. The number of amides is 2. The number of hydrogen-bond donors (Lipinski definition) is 3. The number of nitrogens with two attached hydrogens (primary N) is 1. The van der Waals surface area contributed by atoms with Crippen LogP contribution in [-0.2, 0) is 13.1 Å². The highest BCUT2D eigenvalue weighted by Crippen LogP contribution is 2.13. The molecule has 0 radical (unpaired) electrons. The first-order chi connectivity index (χ1) is 10.2. The fourth-order valence-corrected chi connectivity index (χ4v) is 1.92. The number of hydrogen-bond acceptors (Lipinski definition) is 3. The molecule has 0 bridgehead atoms. The van der Waals surface area contributed by atoms with E-state index in [1.165, 1.54) is 0 Å². The van der Waals surface area contributed by atoms with Gasteiger partial charge in [0.1, 0.15) is 5.75 Å². The van der Waals surface area contributed by atoms with Crippen LogP contribution in [0.15, 0.2) is 48.5 Å². The third kappa shape index (κ3) is 4.50. The van der Waals surface area contributed by atoms with Crippen molar-refractivity contribution in [3.05, 3.63) is 59.7 Å². The average Bonchev–Trinajstić information content (AvgIpc) is 2.53. The molecule has 0 aliphatic carbocycles. The summed E-state index contributed by atoms with van der Waals surface area (Å²) in [5.74, 6) is 0.769. The van der Waals surface area contributed by atoms with Gasteiger partial charge in [-0.25, -0.2) is 4.79 Å². The summed E-state index contributed by atoms with van der Waals surface area (Å²) in [6, 6.07) is 14.8. The van der Waals surface area contributed by atoms with E-state index in [4.69, 9.17) is 10.5 Å². The Morgan fingerprint density at radius 1 is 1.14 bits per heavy atom. The molecule has 0 heterocycles. The average molecular weight is 285 g/mol. The molecule has 2 amide bonds. The van der Waals surface area contributed by atoms with Gasteiger partial charge in [0.2, 0.25) is 0 Å². The first-order valence-corrected chi connectivity index (χ1v) is 6.68. The molecule has 0 atom stereocenters. The van der Waals surface area contributed by atoms with Crippen molar-refractivity contribution in [1.82, 2.24) is 5.32 Å². The minimum atomic E-state index is -0.257. The summed E-state index contributed by atoms with van der Waals surface area (Å²) in [6.07, 6.45) is 0. The van der Waals surface area contributed by atoms with Crippen LogP contribution in [0, 0.1) is 0 Å². The minimum absolute atomic E-state index is 0.257. The molecule has 2 aromatic rings. The van der Waals surface area contributed by atoms with Gasteiger partial charge >= 0.3 is 6.03 Å². The second-order valence-corrected chi connectivity index (χ2v) is 4.56. The summed E-state index contributed by atoms with van der Waals surface area (Å²) in [5.41, 5.74) is 8.24. The first-order valence-electron chi connectivity index (χ1n) is 6.68. The molecule has 21 heavy (non-hydrogen) atoms. The molecule has 0 unspecified atom stereocenters. The Labute approximate surface area is 124 Å². The van der Waals surface area contributed by atoms with Gasteiger partial charge in [0.05, 0.1) is 7.11 Å². The Morgan fingerprint density at radius 2 is 1.90 bits per heavy atom. The summed E-state index contributed by atoms with van der Waals surface area (Å²) in [4.78, 5) is 11.9. The minimum Gasteiger partial charge on any atom is -0.497 e. The summed E-state index contributed by atoms with van der Waals surface area (Å²) in [7, 11) is 1.61. The highest BCUT2D eigenvalue weighted by molar-refractivity contribution is 5.89. The van der Waals surface area contributed by atoms with E-state index in [0.29, 0.717) is 13.1 Å². The monoisotopic (exact) mass is 285 g/mol. The third-order valence-corrected chi connectivity index (χ3v) is 3.01. The molecule has 0 aliphatic heterocycles. The van der Waals surface area contributed by atoms with Gasteiger partial charge in [-0.05, 0) is 35.4 Å². The number of ether oxygens (including phenoxy) is 1. The van der Waals surface area contributed by atoms with Crippen LogP contribution >= 0.6 is 0 Å². The van der Waals surface area contributed by atoms with Crippen LogP contribution in [0.25, 0.3) is 0 Å². The van der Waals surface area contributed by atoms with Gasteiger partial charge in [0.25, 0.3) is 0 Å². The number of methoxy groups -OCH3 is 1. The maximum atomic E-state index is 11.9. The van der Waals surface area contributed by atoms with Crippen LogP contribution in [0.1, 0.15) is 11.1 Å². The van der Waals surface area contributed by atoms with Crippen LogP contribution in [-0.4, -0.2) is 13.1 Å².